The summed E-state index contributed by atoms with van der Waals surface area (Å²) < 4.78 is 1.50. The molecule has 1 atom stereocenters. The Balaban J connectivity index is 2.38. The van der Waals surface area contributed by atoms with Crippen LogP contribution in [0.1, 0.15) is 47.1 Å². The van der Waals surface area contributed by atoms with Gasteiger partial charge in [-0.15, -0.1) is 0 Å². The Bertz CT molecular complexity index is 764. The molecule has 0 bridgehead atoms. The molecule has 0 spiro atoms. The number of aryl methyl sites for hydroxylation is 2. The molecule has 0 aliphatic carbocycles. The van der Waals surface area contributed by atoms with E-state index in [2.05, 4.69) is 10.3 Å². The highest BCUT2D eigenvalue weighted by Gasteiger charge is 2.22. The summed E-state index contributed by atoms with van der Waals surface area (Å²) in [5.41, 5.74) is 2.38. The van der Waals surface area contributed by atoms with Gasteiger partial charge in [0.05, 0.1) is 6.04 Å². The Hall–Kier alpha value is -2.43. The first kappa shape index (κ1) is 16.9. The fraction of sp³-hybridized carbons (Fsp3) is 0.389. The van der Waals surface area contributed by atoms with Gasteiger partial charge in [0.25, 0.3) is 11.5 Å². The van der Waals surface area contributed by atoms with E-state index >= 15 is 0 Å². The van der Waals surface area contributed by atoms with E-state index in [-0.39, 0.29) is 29.0 Å². The van der Waals surface area contributed by atoms with E-state index < -0.39 is 0 Å². The first-order valence-corrected chi connectivity index (χ1v) is 7.71. The maximum Gasteiger partial charge on any atom is 0.263 e. The van der Waals surface area contributed by atoms with Crippen LogP contribution in [-0.4, -0.2) is 15.5 Å². The predicted molar refractivity (Wildman–Crippen MR) is 90.4 cm³/mol. The molecule has 0 saturated carbocycles. The van der Waals surface area contributed by atoms with Crippen molar-refractivity contribution >= 4 is 5.91 Å². The first-order valence-electron chi connectivity index (χ1n) is 7.71. The highest BCUT2D eigenvalue weighted by Crippen LogP contribution is 2.21. The maximum absolute atomic E-state index is 12.7. The molecule has 0 radical (unpaired) electrons. The van der Waals surface area contributed by atoms with Gasteiger partial charge < -0.3 is 9.88 Å². The van der Waals surface area contributed by atoms with Crippen LogP contribution in [0.2, 0.25) is 0 Å². The number of rotatable bonds is 4. The Morgan fingerprint density at radius 1 is 1.30 bits per heavy atom. The van der Waals surface area contributed by atoms with Crippen LogP contribution >= 0.6 is 0 Å². The molecule has 1 N–H and O–H groups in total. The van der Waals surface area contributed by atoms with Gasteiger partial charge in [-0.05, 0) is 43.0 Å². The van der Waals surface area contributed by atoms with Crippen LogP contribution in [0.3, 0.4) is 0 Å². The van der Waals surface area contributed by atoms with Crippen LogP contribution in [0.5, 0.6) is 0 Å². The number of nitrogens with one attached hydrogen (secondary N) is 1. The van der Waals surface area contributed by atoms with Crippen LogP contribution in [-0.2, 0) is 7.05 Å². The number of hydrogen-bond acceptors (Lipinski definition) is 3. The van der Waals surface area contributed by atoms with Crippen LogP contribution in [0, 0.1) is 19.8 Å². The molecule has 2 aromatic rings. The Morgan fingerprint density at radius 2 is 2.00 bits per heavy atom. The topological polar surface area (TPSA) is 64.0 Å². The average Bonchev–Trinajstić information content (AvgIpc) is 2.51. The Labute approximate surface area is 136 Å². The lowest BCUT2D eigenvalue weighted by atomic mass is 9.96. The molecule has 5 heteroatoms. The zero-order chi connectivity index (χ0) is 17.1. The minimum Gasteiger partial charge on any atom is -0.345 e. The third-order valence-corrected chi connectivity index (χ3v) is 4.09. The number of carbonyl (C=O) groups excluding carboxylic acids is 1. The lowest BCUT2D eigenvalue weighted by Crippen LogP contribution is -2.37. The smallest absolute Gasteiger partial charge is 0.263 e. The highest BCUT2D eigenvalue weighted by molar-refractivity contribution is 5.95. The molecule has 2 heterocycles. The molecule has 5 nitrogen and oxygen atoms in total. The second-order valence-corrected chi connectivity index (χ2v) is 6.19. The highest BCUT2D eigenvalue weighted by atomic mass is 16.2. The minimum atomic E-state index is -0.342. The number of pyridine rings is 2. The standard InChI is InChI=1S/C18H23N3O2/c1-11(2)16(14-7-6-8-19-10-14)20-17(22)15-12(3)9-13(4)21(5)18(15)23/h6-11,16H,1-5H3,(H,20,22)/t16-/m0/s1. The lowest BCUT2D eigenvalue weighted by Gasteiger charge is -2.23. The molecule has 2 aromatic heterocycles. The number of carbonyl (C=O) groups is 1. The zero-order valence-corrected chi connectivity index (χ0v) is 14.3. The minimum absolute atomic E-state index is 0.178. The van der Waals surface area contributed by atoms with E-state index in [9.17, 15) is 9.59 Å². The summed E-state index contributed by atoms with van der Waals surface area (Å²) in [4.78, 5) is 29.2. The van der Waals surface area contributed by atoms with E-state index in [4.69, 9.17) is 0 Å². The molecule has 0 aromatic carbocycles. The summed E-state index contributed by atoms with van der Waals surface area (Å²) in [6.07, 6.45) is 3.44. The number of nitrogens with zero attached hydrogens (tertiary/aromatic N) is 2. The molecule has 23 heavy (non-hydrogen) atoms. The molecule has 1 amide bonds. The summed E-state index contributed by atoms with van der Waals surface area (Å²) in [5.74, 6) is -0.164. The third-order valence-electron chi connectivity index (χ3n) is 4.09. The predicted octanol–water partition coefficient (Wildman–Crippen LogP) is 2.52. The van der Waals surface area contributed by atoms with Crippen molar-refractivity contribution < 1.29 is 4.79 Å². The Morgan fingerprint density at radius 3 is 2.57 bits per heavy atom. The van der Waals surface area contributed by atoms with Crippen molar-refractivity contribution in [3.8, 4) is 0 Å². The van der Waals surface area contributed by atoms with Gasteiger partial charge in [-0.3, -0.25) is 14.6 Å². The van der Waals surface area contributed by atoms with Gasteiger partial charge in [-0.25, -0.2) is 0 Å². The molecule has 0 aliphatic rings. The van der Waals surface area contributed by atoms with E-state index in [1.165, 1.54) is 4.57 Å². The van der Waals surface area contributed by atoms with Crippen LogP contribution < -0.4 is 10.9 Å². The molecule has 2 rings (SSSR count). The van der Waals surface area contributed by atoms with Crippen LogP contribution in [0.25, 0.3) is 0 Å². The molecule has 122 valence electrons. The number of aromatic nitrogens is 2. The van der Waals surface area contributed by atoms with Gasteiger partial charge in [0.15, 0.2) is 0 Å². The monoisotopic (exact) mass is 313 g/mol. The van der Waals surface area contributed by atoms with Crippen LogP contribution in [0.15, 0.2) is 35.4 Å². The van der Waals surface area contributed by atoms with Crippen molar-refractivity contribution in [3.63, 3.8) is 0 Å². The van der Waals surface area contributed by atoms with Gasteiger partial charge in [0.1, 0.15) is 5.56 Å². The van der Waals surface area contributed by atoms with Crippen molar-refractivity contribution in [1.29, 1.82) is 0 Å². The SMILES string of the molecule is Cc1cc(C)n(C)c(=O)c1C(=O)N[C@H](c1cccnc1)C(C)C. The molecule has 0 aliphatic heterocycles. The van der Waals surface area contributed by atoms with E-state index in [1.807, 2.05) is 39.0 Å². The van der Waals surface area contributed by atoms with Gasteiger partial charge in [-0.1, -0.05) is 19.9 Å². The largest absolute Gasteiger partial charge is 0.345 e. The van der Waals surface area contributed by atoms with Crippen molar-refractivity contribution in [3.05, 3.63) is 63.3 Å². The summed E-state index contributed by atoms with van der Waals surface area (Å²) in [6.45, 7) is 7.69. The van der Waals surface area contributed by atoms with Crippen molar-refractivity contribution in [2.75, 3.05) is 0 Å². The van der Waals surface area contributed by atoms with Gasteiger partial charge in [0, 0.05) is 25.1 Å². The van der Waals surface area contributed by atoms with Crippen molar-refractivity contribution in [2.24, 2.45) is 13.0 Å². The van der Waals surface area contributed by atoms with Gasteiger partial charge in [-0.2, -0.15) is 0 Å². The second-order valence-electron chi connectivity index (χ2n) is 6.19. The second kappa shape index (κ2) is 6.77. The zero-order valence-electron chi connectivity index (χ0n) is 14.3. The number of hydrogen-bond donors (Lipinski definition) is 1. The molecule has 0 unspecified atom stereocenters. The van der Waals surface area contributed by atoms with Crippen molar-refractivity contribution in [2.45, 2.75) is 33.7 Å². The molecular weight excluding hydrogens is 290 g/mol. The fourth-order valence-electron chi connectivity index (χ4n) is 2.66. The summed E-state index contributed by atoms with van der Waals surface area (Å²) in [6, 6.07) is 5.43. The van der Waals surface area contributed by atoms with Crippen molar-refractivity contribution in [1.82, 2.24) is 14.9 Å². The van der Waals surface area contributed by atoms with Crippen LogP contribution in [0.4, 0.5) is 0 Å². The van der Waals surface area contributed by atoms with E-state index in [0.29, 0.717) is 5.56 Å². The van der Waals surface area contributed by atoms with E-state index in [1.54, 1.807) is 26.4 Å². The lowest BCUT2D eigenvalue weighted by molar-refractivity contribution is 0.0922. The quantitative estimate of drug-likeness (QED) is 0.943. The van der Waals surface area contributed by atoms with E-state index in [0.717, 1.165) is 11.3 Å². The maximum atomic E-state index is 12.7. The third kappa shape index (κ3) is 3.50. The fourth-order valence-corrected chi connectivity index (χ4v) is 2.66. The normalized spacial score (nSPS) is 12.3. The summed E-state index contributed by atoms with van der Waals surface area (Å²) in [7, 11) is 1.68. The molecular formula is C18H23N3O2. The first-order chi connectivity index (χ1) is 10.8. The summed E-state index contributed by atoms with van der Waals surface area (Å²) >= 11 is 0. The molecule has 0 fully saturated rings. The summed E-state index contributed by atoms with van der Waals surface area (Å²) in [5, 5.41) is 2.99. The molecule has 0 saturated heterocycles. The van der Waals surface area contributed by atoms with Gasteiger partial charge in [0.2, 0.25) is 0 Å². The average molecular weight is 313 g/mol. The number of amides is 1. The van der Waals surface area contributed by atoms with Gasteiger partial charge >= 0.3 is 0 Å². The Kier molecular flexibility index (Phi) is 4.98.